The number of aromatic nitrogens is 2. The van der Waals surface area contributed by atoms with Crippen molar-refractivity contribution < 1.29 is 9.47 Å². The van der Waals surface area contributed by atoms with E-state index in [1.807, 2.05) is 30.3 Å². The van der Waals surface area contributed by atoms with Gasteiger partial charge in [0.05, 0.1) is 31.8 Å². The number of benzene rings is 1. The van der Waals surface area contributed by atoms with Crippen LogP contribution < -0.4 is 14.3 Å². The minimum absolute atomic E-state index is 0.600. The molecule has 0 aliphatic rings. The molecular formula is C24H31N3O2S. The van der Waals surface area contributed by atoms with Crippen LogP contribution in [0.2, 0.25) is 0 Å². The Morgan fingerprint density at radius 2 is 2.03 bits per heavy atom. The maximum absolute atomic E-state index is 5.67. The first-order valence-corrected chi connectivity index (χ1v) is 11.4. The summed E-state index contributed by atoms with van der Waals surface area (Å²) in [4.78, 5) is 10.1. The van der Waals surface area contributed by atoms with Gasteiger partial charge in [0.25, 0.3) is 0 Å². The smallest absolute Gasteiger partial charge is 0.190 e. The second-order valence-corrected chi connectivity index (χ2v) is 8.16. The Balaban J connectivity index is 2.13. The fraction of sp³-hybridized carbons (Fsp3) is 0.417. The van der Waals surface area contributed by atoms with Crippen molar-refractivity contribution in [2.45, 2.75) is 46.1 Å². The molecule has 3 aromatic rings. The van der Waals surface area contributed by atoms with Crippen molar-refractivity contribution in [1.29, 1.82) is 0 Å². The normalized spacial score (nSPS) is 12.7. The first kappa shape index (κ1) is 22.1. The van der Waals surface area contributed by atoms with Crippen LogP contribution in [0, 0.1) is 5.92 Å². The number of methoxy groups -OCH3 is 2. The molecule has 0 N–H and O–H groups in total. The van der Waals surface area contributed by atoms with Gasteiger partial charge in [0.1, 0.15) is 11.5 Å². The molecule has 30 heavy (non-hydrogen) atoms. The number of nitrogens with zero attached hydrogens (tertiary/aromatic N) is 3. The highest BCUT2D eigenvalue weighted by Crippen LogP contribution is 2.34. The molecule has 0 aliphatic heterocycles. The van der Waals surface area contributed by atoms with E-state index in [4.69, 9.17) is 14.5 Å². The molecule has 5 nitrogen and oxygen atoms in total. The van der Waals surface area contributed by atoms with Gasteiger partial charge in [-0.15, -0.1) is 11.3 Å². The van der Waals surface area contributed by atoms with Crippen LogP contribution in [0.4, 0.5) is 5.69 Å². The molecular weight excluding hydrogens is 394 g/mol. The third-order valence-corrected chi connectivity index (χ3v) is 6.20. The summed E-state index contributed by atoms with van der Waals surface area (Å²) in [5.41, 5.74) is 2.98. The van der Waals surface area contributed by atoms with Crippen molar-refractivity contribution in [2.75, 3.05) is 14.2 Å². The molecule has 160 valence electrons. The molecule has 0 radical (unpaired) electrons. The van der Waals surface area contributed by atoms with Crippen LogP contribution in [-0.4, -0.2) is 23.8 Å². The van der Waals surface area contributed by atoms with Crippen molar-refractivity contribution in [3.63, 3.8) is 0 Å². The lowest BCUT2D eigenvalue weighted by Crippen LogP contribution is -2.21. The molecule has 6 heteroatoms. The monoisotopic (exact) mass is 425 g/mol. The average molecular weight is 426 g/mol. The molecule has 0 aliphatic carbocycles. The van der Waals surface area contributed by atoms with Crippen LogP contribution in [0.15, 0.2) is 53.1 Å². The van der Waals surface area contributed by atoms with Gasteiger partial charge in [-0.1, -0.05) is 33.1 Å². The van der Waals surface area contributed by atoms with Crippen LogP contribution in [0.25, 0.3) is 11.3 Å². The molecule has 2 heterocycles. The predicted octanol–water partition coefficient (Wildman–Crippen LogP) is 6.08. The molecule has 0 spiro atoms. The summed E-state index contributed by atoms with van der Waals surface area (Å²) in [5, 5.41) is 2.17. The van der Waals surface area contributed by atoms with Crippen LogP contribution >= 0.6 is 11.3 Å². The van der Waals surface area contributed by atoms with Crippen molar-refractivity contribution >= 4 is 17.0 Å². The average Bonchev–Trinajstić information content (AvgIpc) is 3.18. The highest BCUT2D eigenvalue weighted by atomic mass is 32.1. The van der Waals surface area contributed by atoms with Crippen molar-refractivity contribution in [1.82, 2.24) is 9.55 Å². The first-order chi connectivity index (χ1) is 14.7. The molecule has 0 saturated heterocycles. The number of ether oxygens (including phenoxy) is 2. The molecule has 1 unspecified atom stereocenters. The molecule has 3 rings (SSSR count). The van der Waals surface area contributed by atoms with Gasteiger partial charge in [-0.3, -0.25) is 4.98 Å². The standard InChI is InChI=1S/C24H31N3O2S/c1-5-7-9-18(6-2)16-27-22(21-14-20(28-3)11-12-23(21)29-4)17-30-24(27)26-19-10-8-13-25-15-19/h8,10-15,17-18H,5-7,9,16H2,1-4H3. The lowest BCUT2D eigenvalue weighted by Gasteiger charge is -2.19. The lowest BCUT2D eigenvalue weighted by molar-refractivity contribution is 0.387. The van der Waals surface area contributed by atoms with Gasteiger partial charge < -0.3 is 14.0 Å². The minimum Gasteiger partial charge on any atom is -0.497 e. The number of rotatable bonds is 10. The maximum atomic E-state index is 5.67. The van der Waals surface area contributed by atoms with E-state index in [1.54, 1.807) is 38.0 Å². The van der Waals surface area contributed by atoms with Gasteiger partial charge in [-0.25, -0.2) is 4.99 Å². The third-order valence-electron chi connectivity index (χ3n) is 5.33. The Morgan fingerprint density at radius 1 is 1.17 bits per heavy atom. The fourth-order valence-electron chi connectivity index (χ4n) is 3.53. The summed E-state index contributed by atoms with van der Waals surface area (Å²) in [6.07, 6.45) is 8.39. The van der Waals surface area contributed by atoms with E-state index in [1.165, 1.54) is 19.3 Å². The zero-order valence-electron chi connectivity index (χ0n) is 18.3. The van der Waals surface area contributed by atoms with Crippen LogP contribution in [0.1, 0.15) is 39.5 Å². The zero-order chi connectivity index (χ0) is 21.3. The number of hydrogen-bond donors (Lipinski definition) is 0. The summed E-state index contributed by atoms with van der Waals surface area (Å²) in [6, 6.07) is 9.83. The summed E-state index contributed by atoms with van der Waals surface area (Å²) in [7, 11) is 3.40. The van der Waals surface area contributed by atoms with Crippen LogP contribution in [-0.2, 0) is 6.54 Å². The van der Waals surface area contributed by atoms with E-state index in [9.17, 15) is 0 Å². The van der Waals surface area contributed by atoms with E-state index in [-0.39, 0.29) is 0 Å². The van der Waals surface area contributed by atoms with Gasteiger partial charge in [0.15, 0.2) is 4.80 Å². The first-order valence-electron chi connectivity index (χ1n) is 10.6. The SMILES string of the molecule is CCCCC(CC)Cn1c(-c2cc(OC)ccc2OC)csc1=Nc1cccnc1. The van der Waals surface area contributed by atoms with Crippen LogP contribution in [0.3, 0.4) is 0 Å². The lowest BCUT2D eigenvalue weighted by atomic mass is 9.99. The maximum Gasteiger partial charge on any atom is 0.190 e. The second kappa shape index (κ2) is 11.0. The summed E-state index contributed by atoms with van der Waals surface area (Å²) in [6.45, 7) is 5.45. The van der Waals surface area contributed by atoms with E-state index >= 15 is 0 Å². The molecule has 2 aromatic heterocycles. The van der Waals surface area contributed by atoms with Crippen molar-refractivity contribution in [3.05, 3.63) is 52.9 Å². The third kappa shape index (κ3) is 5.30. The predicted molar refractivity (Wildman–Crippen MR) is 124 cm³/mol. The van der Waals surface area contributed by atoms with Crippen LogP contribution in [0.5, 0.6) is 11.5 Å². The van der Waals surface area contributed by atoms with E-state index in [2.05, 4.69) is 28.8 Å². The number of hydrogen-bond acceptors (Lipinski definition) is 5. The Labute approximate surface area is 183 Å². The van der Waals surface area contributed by atoms with Gasteiger partial charge in [-0.05, 0) is 42.7 Å². The van der Waals surface area contributed by atoms with E-state index in [0.29, 0.717) is 5.92 Å². The van der Waals surface area contributed by atoms with Gasteiger partial charge in [0.2, 0.25) is 0 Å². The number of thiazole rings is 1. The zero-order valence-corrected chi connectivity index (χ0v) is 19.1. The van der Waals surface area contributed by atoms with E-state index < -0.39 is 0 Å². The van der Waals surface area contributed by atoms with E-state index in [0.717, 1.165) is 46.2 Å². The molecule has 0 bridgehead atoms. The highest BCUT2D eigenvalue weighted by Gasteiger charge is 2.17. The number of pyridine rings is 1. The number of unbranched alkanes of at least 4 members (excludes halogenated alkanes) is 1. The molecule has 1 aromatic carbocycles. The molecule has 0 amide bonds. The van der Waals surface area contributed by atoms with Crippen molar-refractivity contribution in [3.8, 4) is 22.8 Å². The Morgan fingerprint density at radius 3 is 2.70 bits per heavy atom. The summed E-state index contributed by atoms with van der Waals surface area (Å²) in [5.74, 6) is 2.24. The van der Waals surface area contributed by atoms with Crippen molar-refractivity contribution in [2.24, 2.45) is 10.9 Å². The Bertz CT molecular complexity index is 995. The molecule has 1 atom stereocenters. The van der Waals surface area contributed by atoms with Gasteiger partial charge in [0, 0.05) is 23.7 Å². The highest BCUT2D eigenvalue weighted by molar-refractivity contribution is 7.07. The fourth-order valence-corrected chi connectivity index (χ4v) is 4.46. The Kier molecular flexibility index (Phi) is 8.08. The minimum atomic E-state index is 0.600. The van der Waals surface area contributed by atoms with Gasteiger partial charge in [-0.2, -0.15) is 0 Å². The Hall–Kier alpha value is -2.60. The summed E-state index contributed by atoms with van der Waals surface area (Å²) >= 11 is 1.65. The summed E-state index contributed by atoms with van der Waals surface area (Å²) < 4.78 is 13.5. The second-order valence-electron chi connectivity index (χ2n) is 7.32. The molecule has 0 fully saturated rings. The quantitative estimate of drug-likeness (QED) is 0.396. The largest absolute Gasteiger partial charge is 0.497 e. The van der Waals surface area contributed by atoms with Gasteiger partial charge >= 0.3 is 0 Å². The molecule has 0 saturated carbocycles. The topological polar surface area (TPSA) is 48.6 Å².